The highest BCUT2D eigenvalue weighted by Gasteiger charge is 2.08. The molecule has 0 bridgehead atoms. The maximum absolute atomic E-state index is 12.0. The van der Waals surface area contributed by atoms with Gasteiger partial charge in [-0.25, -0.2) is 4.98 Å². The van der Waals surface area contributed by atoms with E-state index in [-0.39, 0.29) is 11.3 Å². The Kier molecular flexibility index (Phi) is 3.94. The zero-order valence-corrected chi connectivity index (χ0v) is 11.4. The lowest BCUT2D eigenvalue weighted by atomic mass is 10.2. The smallest absolute Gasteiger partial charge is 0.387 e. The summed E-state index contributed by atoms with van der Waals surface area (Å²) in [5.74, 6) is 0.421. The Labute approximate surface area is 115 Å². The van der Waals surface area contributed by atoms with Crippen molar-refractivity contribution < 1.29 is 13.5 Å². The summed E-state index contributed by atoms with van der Waals surface area (Å²) in [6.07, 6.45) is 0. The summed E-state index contributed by atoms with van der Waals surface area (Å²) in [5, 5.41) is 0. The summed E-state index contributed by atoms with van der Waals surface area (Å²) in [7, 11) is 0. The zero-order valence-electron chi connectivity index (χ0n) is 9.78. The monoisotopic (exact) mass is 330 g/mol. The molecule has 2 aromatic rings. The van der Waals surface area contributed by atoms with Gasteiger partial charge in [0.25, 0.3) is 5.56 Å². The first-order valence-electron chi connectivity index (χ1n) is 5.29. The van der Waals surface area contributed by atoms with Crippen molar-refractivity contribution in [2.24, 2.45) is 0 Å². The minimum Gasteiger partial charge on any atom is -0.435 e. The van der Waals surface area contributed by atoms with Crippen LogP contribution < -0.4 is 10.3 Å². The average Bonchev–Trinajstić information content (AvgIpc) is 2.35. The van der Waals surface area contributed by atoms with E-state index >= 15 is 0 Å². The second-order valence-corrected chi connectivity index (χ2v) is 4.51. The molecule has 0 atom stereocenters. The third-order valence-electron chi connectivity index (χ3n) is 2.38. The van der Waals surface area contributed by atoms with Crippen LogP contribution in [0.3, 0.4) is 0 Å². The van der Waals surface area contributed by atoms with Gasteiger partial charge in [0, 0.05) is 5.56 Å². The number of alkyl halides is 2. The van der Waals surface area contributed by atoms with Gasteiger partial charge in [-0.15, -0.1) is 0 Å². The van der Waals surface area contributed by atoms with Crippen molar-refractivity contribution in [3.8, 4) is 17.1 Å². The van der Waals surface area contributed by atoms with Gasteiger partial charge in [-0.1, -0.05) is 0 Å². The Morgan fingerprint density at radius 2 is 1.95 bits per heavy atom. The van der Waals surface area contributed by atoms with E-state index < -0.39 is 6.61 Å². The van der Waals surface area contributed by atoms with Crippen LogP contribution in [0.25, 0.3) is 11.4 Å². The number of aromatic nitrogens is 2. The summed E-state index contributed by atoms with van der Waals surface area (Å²) in [4.78, 5) is 18.4. The second kappa shape index (κ2) is 5.48. The van der Waals surface area contributed by atoms with E-state index in [1.54, 1.807) is 19.1 Å². The molecule has 0 unspecified atom stereocenters. The standard InChI is InChI=1S/C12H9BrF2N2O2/c1-6-9(13)11(18)17-10(16-6)7-2-4-8(5-3-7)19-12(14)15/h2-5,12H,1H3,(H,16,17,18). The largest absolute Gasteiger partial charge is 0.435 e. The second-order valence-electron chi connectivity index (χ2n) is 3.72. The molecule has 0 aliphatic carbocycles. The zero-order chi connectivity index (χ0) is 14.0. The van der Waals surface area contributed by atoms with E-state index in [4.69, 9.17) is 0 Å². The van der Waals surface area contributed by atoms with Crippen LogP contribution in [0.1, 0.15) is 5.69 Å². The molecule has 7 heteroatoms. The predicted octanol–water partition coefficient (Wildman–Crippen LogP) is 3.11. The molecule has 0 saturated carbocycles. The minimum atomic E-state index is -2.86. The maximum Gasteiger partial charge on any atom is 0.387 e. The Balaban J connectivity index is 2.35. The lowest BCUT2D eigenvalue weighted by Gasteiger charge is -2.06. The number of hydrogen-bond donors (Lipinski definition) is 1. The fourth-order valence-corrected chi connectivity index (χ4v) is 1.69. The number of H-pyrrole nitrogens is 1. The molecular weight excluding hydrogens is 322 g/mol. The molecule has 100 valence electrons. The minimum absolute atomic E-state index is 0.0509. The Morgan fingerprint density at radius 1 is 1.32 bits per heavy atom. The van der Waals surface area contributed by atoms with Crippen LogP contribution in [-0.4, -0.2) is 16.6 Å². The van der Waals surface area contributed by atoms with Crippen LogP contribution in [0.5, 0.6) is 5.75 Å². The van der Waals surface area contributed by atoms with Crippen molar-refractivity contribution in [3.05, 3.63) is 44.8 Å². The van der Waals surface area contributed by atoms with Crippen molar-refractivity contribution in [1.82, 2.24) is 9.97 Å². The van der Waals surface area contributed by atoms with Gasteiger partial charge in [-0.2, -0.15) is 8.78 Å². The fourth-order valence-electron chi connectivity index (χ4n) is 1.50. The third kappa shape index (κ3) is 3.17. The summed E-state index contributed by atoms with van der Waals surface area (Å²) in [6, 6.07) is 5.87. The Morgan fingerprint density at radius 3 is 2.47 bits per heavy atom. The number of ether oxygens (including phenoxy) is 1. The van der Waals surface area contributed by atoms with Gasteiger partial charge in [-0.3, -0.25) is 4.79 Å². The van der Waals surface area contributed by atoms with Crippen LogP contribution >= 0.6 is 15.9 Å². The quantitative estimate of drug-likeness (QED) is 0.940. The molecule has 0 saturated heterocycles. The van der Waals surface area contributed by atoms with E-state index in [1.165, 1.54) is 12.1 Å². The van der Waals surface area contributed by atoms with Gasteiger partial charge >= 0.3 is 6.61 Å². The van der Waals surface area contributed by atoms with E-state index in [9.17, 15) is 13.6 Å². The van der Waals surface area contributed by atoms with Crippen molar-refractivity contribution in [1.29, 1.82) is 0 Å². The van der Waals surface area contributed by atoms with Crippen LogP contribution in [0, 0.1) is 6.92 Å². The summed E-state index contributed by atoms with van der Waals surface area (Å²) >= 11 is 3.11. The molecule has 1 heterocycles. The number of halogens is 3. The Bertz CT molecular complexity index is 641. The lowest BCUT2D eigenvalue weighted by Crippen LogP contribution is -2.11. The molecule has 1 aromatic heterocycles. The van der Waals surface area contributed by atoms with E-state index in [1.807, 2.05) is 0 Å². The summed E-state index contributed by atoms with van der Waals surface area (Å²) < 4.78 is 28.6. The number of rotatable bonds is 3. The average molecular weight is 331 g/mol. The van der Waals surface area contributed by atoms with Crippen LogP contribution in [0.15, 0.2) is 33.5 Å². The van der Waals surface area contributed by atoms with Crippen LogP contribution in [0.4, 0.5) is 8.78 Å². The highest BCUT2D eigenvalue weighted by Crippen LogP contribution is 2.21. The molecule has 0 aliphatic heterocycles. The van der Waals surface area contributed by atoms with Crippen molar-refractivity contribution in [3.63, 3.8) is 0 Å². The highest BCUT2D eigenvalue weighted by molar-refractivity contribution is 9.10. The molecule has 4 nitrogen and oxygen atoms in total. The summed E-state index contributed by atoms with van der Waals surface area (Å²) in [5.41, 5.74) is 0.858. The van der Waals surface area contributed by atoms with Crippen LogP contribution in [0.2, 0.25) is 0 Å². The van der Waals surface area contributed by atoms with Gasteiger partial charge < -0.3 is 9.72 Å². The molecule has 0 aliphatic rings. The number of hydrogen-bond acceptors (Lipinski definition) is 3. The molecule has 0 radical (unpaired) electrons. The number of aromatic amines is 1. The molecule has 1 N–H and O–H groups in total. The first kappa shape index (κ1) is 13.7. The normalized spacial score (nSPS) is 10.8. The number of benzene rings is 1. The first-order valence-corrected chi connectivity index (χ1v) is 6.08. The molecule has 0 fully saturated rings. The fraction of sp³-hybridized carbons (Fsp3) is 0.167. The van der Waals surface area contributed by atoms with Gasteiger partial charge in [0.2, 0.25) is 0 Å². The van der Waals surface area contributed by atoms with Gasteiger partial charge in [0.15, 0.2) is 0 Å². The third-order valence-corrected chi connectivity index (χ3v) is 3.32. The predicted molar refractivity (Wildman–Crippen MR) is 69.4 cm³/mol. The van der Waals surface area contributed by atoms with Crippen molar-refractivity contribution in [2.45, 2.75) is 13.5 Å². The van der Waals surface area contributed by atoms with E-state index in [2.05, 4.69) is 30.6 Å². The lowest BCUT2D eigenvalue weighted by molar-refractivity contribution is -0.0498. The number of nitrogens with one attached hydrogen (secondary N) is 1. The topological polar surface area (TPSA) is 55.0 Å². The number of nitrogens with zero attached hydrogens (tertiary/aromatic N) is 1. The van der Waals surface area contributed by atoms with Gasteiger partial charge in [-0.05, 0) is 47.1 Å². The van der Waals surface area contributed by atoms with Crippen molar-refractivity contribution >= 4 is 15.9 Å². The SMILES string of the molecule is Cc1nc(-c2ccc(OC(F)F)cc2)[nH]c(=O)c1Br. The number of aryl methyl sites for hydroxylation is 1. The molecule has 19 heavy (non-hydrogen) atoms. The molecule has 1 aromatic carbocycles. The molecule has 0 amide bonds. The molecule has 2 rings (SSSR count). The van der Waals surface area contributed by atoms with Gasteiger partial charge in [0.1, 0.15) is 16.0 Å². The molecular formula is C12H9BrF2N2O2. The van der Waals surface area contributed by atoms with Crippen LogP contribution in [-0.2, 0) is 0 Å². The highest BCUT2D eigenvalue weighted by atomic mass is 79.9. The van der Waals surface area contributed by atoms with E-state index in [0.717, 1.165) is 0 Å². The van der Waals surface area contributed by atoms with E-state index in [0.29, 0.717) is 21.6 Å². The van der Waals surface area contributed by atoms with Gasteiger partial charge in [0.05, 0.1) is 5.69 Å². The molecule has 0 spiro atoms. The summed E-state index contributed by atoms with van der Waals surface area (Å²) in [6.45, 7) is -1.17. The Hall–Kier alpha value is -1.76. The first-order chi connectivity index (χ1) is 8.97. The van der Waals surface area contributed by atoms with Crippen molar-refractivity contribution in [2.75, 3.05) is 0 Å². The maximum atomic E-state index is 12.0.